The molecule has 1 aromatic heterocycles. The summed E-state index contributed by atoms with van der Waals surface area (Å²) in [6.45, 7) is 6.20. The Balaban J connectivity index is 1.07. The molecule has 3 saturated heterocycles. The third-order valence-electron chi connectivity index (χ3n) is 7.96. The number of hydrogen-bond donors (Lipinski definition) is 1. The number of amides is 2. The van der Waals surface area contributed by atoms with Gasteiger partial charge in [0.25, 0.3) is 0 Å². The lowest BCUT2D eigenvalue weighted by molar-refractivity contribution is -0.136. The van der Waals surface area contributed by atoms with Crippen molar-refractivity contribution in [2.75, 3.05) is 42.5 Å². The van der Waals surface area contributed by atoms with Crippen molar-refractivity contribution >= 4 is 34.2 Å². The van der Waals surface area contributed by atoms with Crippen molar-refractivity contribution in [1.82, 2.24) is 14.9 Å². The smallest absolute Gasteiger partial charge is 0.228 e. The van der Waals surface area contributed by atoms with Crippen molar-refractivity contribution in [2.24, 2.45) is 5.92 Å². The summed E-state index contributed by atoms with van der Waals surface area (Å²) < 4.78 is 0. The van der Waals surface area contributed by atoms with Gasteiger partial charge in [-0.1, -0.05) is 6.07 Å². The third kappa shape index (κ3) is 4.28. The minimum atomic E-state index is -0.258. The molecule has 1 atom stereocenters. The van der Waals surface area contributed by atoms with E-state index in [0.29, 0.717) is 18.9 Å². The number of aromatic amines is 1. The molecule has 1 N–H and O–H groups in total. The monoisotopic (exact) mass is 471 g/mol. The average Bonchev–Trinajstić information content (AvgIpc) is 3.63. The Morgan fingerprint density at radius 2 is 1.69 bits per heavy atom. The van der Waals surface area contributed by atoms with Gasteiger partial charge in [-0.25, -0.2) is 4.98 Å². The van der Waals surface area contributed by atoms with Gasteiger partial charge in [0.2, 0.25) is 11.8 Å². The second kappa shape index (κ2) is 9.02. The summed E-state index contributed by atoms with van der Waals surface area (Å²) in [5, 5.41) is 0. The highest BCUT2D eigenvalue weighted by atomic mass is 16.2. The van der Waals surface area contributed by atoms with Gasteiger partial charge in [-0.15, -0.1) is 0 Å². The molecule has 0 bridgehead atoms. The number of carbonyl (C=O) groups is 2. The summed E-state index contributed by atoms with van der Waals surface area (Å²) in [7, 11) is 0. The number of likely N-dealkylation sites (tertiary alicyclic amines) is 1. The van der Waals surface area contributed by atoms with Crippen molar-refractivity contribution in [3.05, 3.63) is 53.9 Å². The zero-order valence-corrected chi connectivity index (χ0v) is 20.4. The van der Waals surface area contributed by atoms with Gasteiger partial charge >= 0.3 is 0 Å². The number of anilines is 2. The van der Waals surface area contributed by atoms with Gasteiger partial charge < -0.3 is 19.7 Å². The van der Waals surface area contributed by atoms with Crippen LogP contribution in [0.15, 0.2) is 42.5 Å². The Morgan fingerprint density at radius 1 is 0.971 bits per heavy atom. The molecule has 4 heterocycles. The maximum atomic E-state index is 13.3. The standard InChI is InChI=1S/C28H33N5O2/c1-19-4-9-24-25(16-19)30-27(29-24)20-10-14-32(15-11-20)28(35)21-17-26(34)33(18-21)23-7-5-22(6-8-23)31-12-2-3-13-31/h4-9,16,20-21H,2-3,10-15,17-18H2,1H3,(H,29,30). The van der Waals surface area contributed by atoms with E-state index in [1.165, 1.54) is 24.1 Å². The molecule has 0 spiro atoms. The fourth-order valence-corrected chi connectivity index (χ4v) is 5.91. The molecule has 182 valence electrons. The van der Waals surface area contributed by atoms with E-state index in [4.69, 9.17) is 4.98 Å². The van der Waals surface area contributed by atoms with Gasteiger partial charge in [-0.05, 0) is 74.6 Å². The highest BCUT2D eigenvalue weighted by Gasteiger charge is 2.38. The number of rotatable bonds is 4. The van der Waals surface area contributed by atoms with Crippen LogP contribution in [-0.4, -0.2) is 59.4 Å². The van der Waals surface area contributed by atoms with Crippen molar-refractivity contribution < 1.29 is 9.59 Å². The van der Waals surface area contributed by atoms with Crippen LogP contribution in [0.3, 0.4) is 0 Å². The number of nitrogens with one attached hydrogen (secondary N) is 1. The van der Waals surface area contributed by atoms with E-state index in [2.05, 4.69) is 47.1 Å². The van der Waals surface area contributed by atoms with Crippen LogP contribution in [-0.2, 0) is 9.59 Å². The highest BCUT2D eigenvalue weighted by molar-refractivity contribution is 6.00. The molecule has 0 radical (unpaired) electrons. The number of benzene rings is 2. The Hall–Kier alpha value is -3.35. The number of aryl methyl sites for hydroxylation is 1. The SMILES string of the molecule is Cc1ccc2nc(C3CCN(C(=O)C4CC(=O)N(c5ccc(N6CCCC6)cc5)C4)CC3)[nH]c2c1. The largest absolute Gasteiger partial charge is 0.372 e. The summed E-state index contributed by atoms with van der Waals surface area (Å²) >= 11 is 0. The lowest BCUT2D eigenvalue weighted by Gasteiger charge is -2.32. The number of imidazole rings is 1. The minimum absolute atomic E-state index is 0.0460. The highest BCUT2D eigenvalue weighted by Crippen LogP contribution is 2.32. The van der Waals surface area contributed by atoms with E-state index in [1.807, 2.05) is 17.0 Å². The van der Waals surface area contributed by atoms with E-state index < -0.39 is 0 Å². The van der Waals surface area contributed by atoms with E-state index in [1.54, 1.807) is 4.90 Å². The quantitative estimate of drug-likeness (QED) is 0.618. The molecule has 2 amide bonds. The van der Waals surface area contributed by atoms with Crippen LogP contribution in [0.4, 0.5) is 11.4 Å². The average molecular weight is 472 g/mol. The van der Waals surface area contributed by atoms with E-state index in [-0.39, 0.29) is 17.7 Å². The fraction of sp³-hybridized carbons (Fsp3) is 0.464. The molecule has 2 aromatic carbocycles. The summed E-state index contributed by atoms with van der Waals surface area (Å²) in [4.78, 5) is 40.5. The number of nitrogens with zero attached hydrogens (tertiary/aromatic N) is 4. The molecule has 3 aliphatic heterocycles. The maximum absolute atomic E-state index is 13.3. The first-order valence-corrected chi connectivity index (χ1v) is 13.0. The molecule has 3 fully saturated rings. The number of H-pyrrole nitrogens is 1. The minimum Gasteiger partial charge on any atom is -0.372 e. The van der Waals surface area contributed by atoms with Gasteiger partial charge in [0, 0.05) is 56.4 Å². The molecule has 3 aromatic rings. The molecule has 7 nitrogen and oxygen atoms in total. The number of aromatic nitrogens is 2. The summed E-state index contributed by atoms with van der Waals surface area (Å²) in [5.74, 6) is 1.27. The number of fused-ring (bicyclic) bond motifs is 1. The fourth-order valence-electron chi connectivity index (χ4n) is 5.91. The number of piperidine rings is 1. The van der Waals surface area contributed by atoms with E-state index in [9.17, 15) is 9.59 Å². The zero-order chi connectivity index (χ0) is 23.9. The first kappa shape index (κ1) is 22.1. The van der Waals surface area contributed by atoms with Crippen molar-refractivity contribution in [2.45, 2.75) is 44.9 Å². The topological polar surface area (TPSA) is 72.5 Å². The van der Waals surface area contributed by atoms with Gasteiger partial charge in [-0.2, -0.15) is 0 Å². The Morgan fingerprint density at radius 3 is 2.43 bits per heavy atom. The van der Waals surface area contributed by atoms with Crippen molar-refractivity contribution in [1.29, 1.82) is 0 Å². The van der Waals surface area contributed by atoms with E-state index >= 15 is 0 Å². The lowest BCUT2D eigenvalue weighted by atomic mass is 9.95. The molecule has 0 saturated carbocycles. The first-order valence-electron chi connectivity index (χ1n) is 13.0. The Kier molecular flexibility index (Phi) is 5.71. The zero-order valence-electron chi connectivity index (χ0n) is 20.4. The summed E-state index contributed by atoms with van der Waals surface area (Å²) in [5.41, 5.74) is 5.41. The molecule has 1 unspecified atom stereocenters. The molecule has 3 aliphatic rings. The second-order valence-electron chi connectivity index (χ2n) is 10.4. The third-order valence-corrected chi connectivity index (χ3v) is 7.96. The van der Waals surface area contributed by atoms with E-state index in [0.717, 1.165) is 61.6 Å². The van der Waals surface area contributed by atoms with Crippen LogP contribution < -0.4 is 9.80 Å². The predicted octanol–water partition coefficient (Wildman–Crippen LogP) is 4.23. The van der Waals surface area contributed by atoms with Crippen LogP contribution in [0.2, 0.25) is 0 Å². The number of hydrogen-bond acceptors (Lipinski definition) is 4. The Bertz CT molecular complexity index is 1240. The van der Waals surface area contributed by atoms with Gasteiger partial charge in [0.05, 0.1) is 17.0 Å². The maximum Gasteiger partial charge on any atom is 0.228 e. The molecular weight excluding hydrogens is 438 g/mol. The first-order chi connectivity index (χ1) is 17.0. The van der Waals surface area contributed by atoms with Crippen molar-refractivity contribution in [3.8, 4) is 0 Å². The van der Waals surface area contributed by atoms with Gasteiger partial charge in [-0.3, -0.25) is 9.59 Å². The van der Waals surface area contributed by atoms with Gasteiger partial charge in [0.15, 0.2) is 0 Å². The predicted molar refractivity (Wildman–Crippen MR) is 138 cm³/mol. The van der Waals surface area contributed by atoms with Gasteiger partial charge in [0.1, 0.15) is 5.82 Å². The van der Waals surface area contributed by atoms with Crippen LogP contribution in [0.5, 0.6) is 0 Å². The summed E-state index contributed by atoms with van der Waals surface area (Å²) in [6, 6.07) is 14.5. The lowest BCUT2D eigenvalue weighted by Crippen LogP contribution is -2.42. The molecule has 0 aliphatic carbocycles. The van der Waals surface area contributed by atoms with Crippen LogP contribution in [0.25, 0.3) is 11.0 Å². The normalized spacial score (nSPS) is 21.5. The second-order valence-corrected chi connectivity index (χ2v) is 10.4. The summed E-state index contributed by atoms with van der Waals surface area (Å²) in [6.07, 6.45) is 4.58. The van der Waals surface area contributed by atoms with Crippen LogP contribution in [0, 0.1) is 12.8 Å². The molecule has 35 heavy (non-hydrogen) atoms. The molecular formula is C28H33N5O2. The Labute approximate surface area is 206 Å². The van der Waals surface area contributed by atoms with Crippen LogP contribution in [0.1, 0.15) is 49.4 Å². The molecule has 6 rings (SSSR count). The van der Waals surface area contributed by atoms with Crippen molar-refractivity contribution in [3.63, 3.8) is 0 Å². The molecule has 7 heteroatoms. The van der Waals surface area contributed by atoms with Crippen LogP contribution >= 0.6 is 0 Å². The number of carbonyl (C=O) groups excluding carboxylic acids is 2.